The highest BCUT2D eigenvalue weighted by molar-refractivity contribution is 5.85. The summed E-state index contributed by atoms with van der Waals surface area (Å²) in [5, 5.41) is 0. The summed E-state index contributed by atoms with van der Waals surface area (Å²) in [5.74, 6) is 1.55. The number of carbonyl (C=O) groups excluding carboxylic acids is 1. The molecule has 1 aromatic rings. The Morgan fingerprint density at radius 1 is 1.15 bits per heavy atom. The number of halogens is 1. The highest BCUT2D eigenvalue weighted by Gasteiger charge is 2.34. The third kappa shape index (κ3) is 6.98. The Morgan fingerprint density at radius 3 is 2.59 bits per heavy atom. The molecule has 1 saturated heterocycles. The molecule has 0 aromatic heterocycles. The summed E-state index contributed by atoms with van der Waals surface area (Å²) in [6, 6.07) is 9.33. The Labute approximate surface area is 168 Å². The molecule has 1 heterocycles. The van der Waals surface area contributed by atoms with Gasteiger partial charge in [0, 0.05) is 6.61 Å². The molecule has 2 fully saturated rings. The third-order valence-corrected chi connectivity index (χ3v) is 5.34. The van der Waals surface area contributed by atoms with Gasteiger partial charge in [0.1, 0.15) is 17.9 Å². The second-order valence-corrected chi connectivity index (χ2v) is 7.63. The van der Waals surface area contributed by atoms with Gasteiger partial charge in [-0.3, -0.25) is 4.79 Å². The molecular weight excluding hydrogens is 366 g/mol. The van der Waals surface area contributed by atoms with Gasteiger partial charge in [0.15, 0.2) is 0 Å². The van der Waals surface area contributed by atoms with E-state index in [1.165, 1.54) is 12.8 Å². The van der Waals surface area contributed by atoms with Crippen molar-refractivity contribution < 1.29 is 19.0 Å². The van der Waals surface area contributed by atoms with Gasteiger partial charge in [0.2, 0.25) is 0 Å². The van der Waals surface area contributed by atoms with E-state index in [1.54, 1.807) is 0 Å². The number of nitrogens with two attached hydrogens (primary N) is 1. The van der Waals surface area contributed by atoms with E-state index in [-0.39, 0.29) is 30.6 Å². The van der Waals surface area contributed by atoms with Crippen LogP contribution in [0.3, 0.4) is 0 Å². The van der Waals surface area contributed by atoms with Gasteiger partial charge in [-0.15, -0.1) is 12.4 Å². The van der Waals surface area contributed by atoms with Crippen LogP contribution in [0.1, 0.15) is 45.4 Å². The number of hydrogen-bond acceptors (Lipinski definition) is 5. The van der Waals surface area contributed by atoms with E-state index < -0.39 is 6.04 Å². The van der Waals surface area contributed by atoms with Crippen LogP contribution in [0.15, 0.2) is 30.3 Å². The maximum Gasteiger partial charge on any atom is 0.323 e. The van der Waals surface area contributed by atoms with Gasteiger partial charge in [0.05, 0.1) is 12.7 Å². The molecule has 152 valence electrons. The zero-order valence-electron chi connectivity index (χ0n) is 16.0. The number of carbonyl (C=O) groups is 1. The first-order valence-corrected chi connectivity index (χ1v) is 9.89. The van der Waals surface area contributed by atoms with E-state index in [9.17, 15) is 4.79 Å². The number of cyclic esters (lactones) is 1. The van der Waals surface area contributed by atoms with Crippen LogP contribution in [-0.2, 0) is 14.3 Å². The van der Waals surface area contributed by atoms with Crippen molar-refractivity contribution in [2.45, 2.75) is 63.7 Å². The predicted molar refractivity (Wildman–Crippen MR) is 107 cm³/mol. The van der Waals surface area contributed by atoms with Crippen molar-refractivity contribution in [1.29, 1.82) is 0 Å². The van der Waals surface area contributed by atoms with Gasteiger partial charge in [-0.1, -0.05) is 24.6 Å². The molecule has 0 radical (unpaired) electrons. The van der Waals surface area contributed by atoms with Crippen molar-refractivity contribution in [2.24, 2.45) is 17.6 Å². The average Bonchev–Trinajstić information content (AvgIpc) is 3.45. The van der Waals surface area contributed by atoms with Crippen LogP contribution in [0.4, 0.5) is 0 Å². The number of benzene rings is 1. The fourth-order valence-electron chi connectivity index (χ4n) is 3.56. The molecule has 1 aliphatic carbocycles. The number of esters is 1. The van der Waals surface area contributed by atoms with Crippen molar-refractivity contribution in [3.05, 3.63) is 30.3 Å². The molecule has 2 N–H and O–H groups in total. The first-order valence-electron chi connectivity index (χ1n) is 9.89. The average molecular weight is 398 g/mol. The van der Waals surface area contributed by atoms with Crippen molar-refractivity contribution in [1.82, 2.24) is 0 Å². The van der Waals surface area contributed by atoms with Crippen LogP contribution < -0.4 is 10.5 Å². The molecule has 5 nitrogen and oxygen atoms in total. The molecule has 2 aliphatic rings. The van der Waals surface area contributed by atoms with E-state index in [1.807, 2.05) is 37.3 Å². The Kier molecular flexibility index (Phi) is 8.87. The molecule has 0 unspecified atom stereocenters. The summed E-state index contributed by atoms with van der Waals surface area (Å²) in [7, 11) is 0. The lowest BCUT2D eigenvalue weighted by atomic mass is 9.89. The van der Waals surface area contributed by atoms with Gasteiger partial charge in [0.25, 0.3) is 0 Å². The van der Waals surface area contributed by atoms with Crippen molar-refractivity contribution >= 4 is 18.4 Å². The molecular formula is C21H32ClNO4. The minimum atomic E-state index is -0.527. The second kappa shape index (κ2) is 10.9. The molecule has 0 bridgehead atoms. The lowest BCUT2D eigenvalue weighted by Crippen LogP contribution is -2.40. The van der Waals surface area contributed by atoms with Crippen LogP contribution in [0.5, 0.6) is 5.75 Å². The SMILES string of the molecule is C[C@@H]1OC(=O)[C@@H](N)CCC[C@H](CCOc2ccccc2)[C@H]1OCC1CC1.Cl. The summed E-state index contributed by atoms with van der Waals surface area (Å²) in [6.45, 7) is 3.32. The van der Waals surface area contributed by atoms with Crippen LogP contribution >= 0.6 is 12.4 Å². The lowest BCUT2D eigenvalue weighted by Gasteiger charge is -2.31. The summed E-state index contributed by atoms with van der Waals surface area (Å²) in [6.07, 6.45) is 5.53. The molecule has 1 aromatic carbocycles. The van der Waals surface area contributed by atoms with Crippen molar-refractivity contribution in [3.63, 3.8) is 0 Å². The van der Waals surface area contributed by atoms with Gasteiger partial charge in [-0.2, -0.15) is 0 Å². The van der Waals surface area contributed by atoms with Crippen LogP contribution in [0.25, 0.3) is 0 Å². The van der Waals surface area contributed by atoms with Crippen molar-refractivity contribution in [2.75, 3.05) is 13.2 Å². The zero-order valence-corrected chi connectivity index (χ0v) is 16.9. The second-order valence-electron chi connectivity index (χ2n) is 7.63. The highest BCUT2D eigenvalue weighted by atomic mass is 35.5. The molecule has 27 heavy (non-hydrogen) atoms. The lowest BCUT2D eigenvalue weighted by molar-refractivity contribution is -0.160. The quantitative estimate of drug-likeness (QED) is 0.710. The standard InChI is InChI=1S/C21H31NO4.ClH/c1-15-20(25-14-16-10-11-16)17(6-5-9-19(22)21(23)26-15)12-13-24-18-7-3-2-4-8-18;/h2-4,7-8,15-17,19-20H,5-6,9-14,22H2,1H3;1H/t15-,17+,19-,20-;/m0./s1. The first-order chi connectivity index (χ1) is 12.6. The summed E-state index contributed by atoms with van der Waals surface area (Å²) < 4.78 is 17.7. The Morgan fingerprint density at radius 2 is 1.89 bits per heavy atom. The number of rotatable bonds is 7. The number of para-hydroxylation sites is 1. The van der Waals surface area contributed by atoms with Gasteiger partial charge in [-0.25, -0.2) is 0 Å². The van der Waals surface area contributed by atoms with Crippen molar-refractivity contribution in [3.8, 4) is 5.75 Å². The van der Waals surface area contributed by atoms with E-state index in [4.69, 9.17) is 19.9 Å². The minimum absolute atomic E-state index is 0. The molecule has 4 atom stereocenters. The van der Waals surface area contributed by atoms with E-state index in [0.717, 1.165) is 31.6 Å². The normalized spacial score (nSPS) is 28.9. The minimum Gasteiger partial charge on any atom is -0.494 e. The number of ether oxygens (including phenoxy) is 3. The van der Waals surface area contributed by atoms with Crippen LogP contribution in [-0.4, -0.2) is 37.4 Å². The molecule has 3 rings (SSSR count). The van der Waals surface area contributed by atoms with E-state index >= 15 is 0 Å². The predicted octanol–water partition coefficient (Wildman–Crippen LogP) is 3.73. The van der Waals surface area contributed by atoms with Gasteiger partial charge < -0.3 is 19.9 Å². The summed E-state index contributed by atoms with van der Waals surface area (Å²) in [4.78, 5) is 12.1. The van der Waals surface area contributed by atoms with E-state index in [0.29, 0.717) is 24.9 Å². The largest absolute Gasteiger partial charge is 0.494 e. The smallest absolute Gasteiger partial charge is 0.323 e. The van der Waals surface area contributed by atoms with Gasteiger partial charge in [-0.05, 0) is 63.0 Å². The monoisotopic (exact) mass is 397 g/mol. The summed E-state index contributed by atoms with van der Waals surface area (Å²) >= 11 is 0. The molecule has 6 heteroatoms. The van der Waals surface area contributed by atoms with Gasteiger partial charge >= 0.3 is 5.97 Å². The Balaban J connectivity index is 0.00000261. The Bertz CT molecular complexity index is 567. The van der Waals surface area contributed by atoms with Crippen LogP contribution in [0.2, 0.25) is 0 Å². The van der Waals surface area contributed by atoms with Crippen LogP contribution in [0, 0.1) is 11.8 Å². The first kappa shape index (κ1) is 22.0. The molecule has 1 aliphatic heterocycles. The zero-order chi connectivity index (χ0) is 18.4. The molecule has 0 amide bonds. The number of hydrogen-bond donors (Lipinski definition) is 1. The van der Waals surface area contributed by atoms with E-state index in [2.05, 4.69) is 0 Å². The Hall–Kier alpha value is -1.30. The fourth-order valence-corrected chi connectivity index (χ4v) is 3.56. The highest BCUT2D eigenvalue weighted by Crippen LogP contribution is 2.32. The maximum absolute atomic E-state index is 12.1. The maximum atomic E-state index is 12.1. The molecule has 0 spiro atoms. The summed E-state index contributed by atoms with van der Waals surface area (Å²) in [5.41, 5.74) is 5.94. The fraction of sp³-hybridized carbons (Fsp3) is 0.667. The third-order valence-electron chi connectivity index (χ3n) is 5.34. The topological polar surface area (TPSA) is 70.8 Å². The molecule has 1 saturated carbocycles.